The molecule has 0 spiro atoms. The summed E-state index contributed by atoms with van der Waals surface area (Å²) in [6.45, 7) is 13.4. The van der Waals surface area contributed by atoms with Crippen molar-refractivity contribution in [3.05, 3.63) is 0 Å². The first-order valence-corrected chi connectivity index (χ1v) is 4.55. The molecule has 0 radical (unpaired) electrons. The van der Waals surface area contributed by atoms with Crippen LogP contribution < -0.4 is 11.5 Å². The smallest absolute Gasteiger partial charge is 0.0376 e. The summed E-state index contributed by atoms with van der Waals surface area (Å²) < 4.78 is 0. The number of nitrogens with two attached hydrogens (primary N) is 2. The average molecular weight is 172 g/mol. The lowest BCUT2D eigenvalue weighted by molar-refractivity contribution is 0.0678. The summed E-state index contributed by atoms with van der Waals surface area (Å²) in [5.41, 5.74) is 11.9. The summed E-state index contributed by atoms with van der Waals surface area (Å²) in [7, 11) is 0. The lowest BCUT2D eigenvalue weighted by atomic mass is 9.61. The minimum absolute atomic E-state index is 0.0417. The summed E-state index contributed by atoms with van der Waals surface area (Å²) in [6.07, 6.45) is 0. The van der Waals surface area contributed by atoms with E-state index < -0.39 is 0 Å². The minimum Gasteiger partial charge on any atom is -0.329 e. The third-order valence-corrected chi connectivity index (χ3v) is 3.00. The molecule has 2 nitrogen and oxygen atoms in total. The molecule has 0 bridgehead atoms. The van der Waals surface area contributed by atoms with Crippen LogP contribution in [0.4, 0.5) is 0 Å². The van der Waals surface area contributed by atoms with Gasteiger partial charge in [0, 0.05) is 12.1 Å². The van der Waals surface area contributed by atoms with Crippen LogP contribution in [0.1, 0.15) is 41.5 Å². The Morgan fingerprint density at radius 1 is 0.833 bits per heavy atom. The van der Waals surface area contributed by atoms with Gasteiger partial charge in [-0.3, -0.25) is 0 Å². The zero-order valence-electron chi connectivity index (χ0n) is 9.36. The van der Waals surface area contributed by atoms with Crippen LogP contribution in [0.2, 0.25) is 0 Å². The van der Waals surface area contributed by atoms with Crippen LogP contribution in [0.5, 0.6) is 0 Å². The van der Waals surface area contributed by atoms with Crippen LogP contribution in [-0.2, 0) is 0 Å². The molecule has 0 aliphatic rings. The third kappa shape index (κ3) is 1.80. The summed E-state index contributed by atoms with van der Waals surface area (Å²) in [6, 6.07) is 0. The molecule has 74 valence electrons. The molecule has 0 saturated heterocycles. The Morgan fingerprint density at radius 2 is 1.08 bits per heavy atom. The Hall–Kier alpha value is -0.0800. The van der Waals surface area contributed by atoms with Crippen molar-refractivity contribution < 1.29 is 0 Å². The fourth-order valence-electron chi connectivity index (χ4n) is 1.74. The molecule has 0 aromatic rings. The SMILES string of the molecule is CC(C)(C)C(N)(CN)C(C)(C)C. The first kappa shape index (κ1) is 11.9. The molecule has 0 aromatic heterocycles. The first-order valence-electron chi connectivity index (χ1n) is 4.55. The number of rotatable bonds is 1. The van der Waals surface area contributed by atoms with Gasteiger partial charge in [-0.25, -0.2) is 0 Å². The quantitative estimate of drug-likeness (QED) is 0.633. The van der Waals surface area contributed by atoms with Gasteiger partial charge in [0.1, 0.15) is 0 Å². The zero-order valence-corrected chi connectivity index (χ0v) is 9.36. The molecular weight excluding hydrogens is 148 g/mol. The van der Waals surface area contributed by atoms with E-state index in [4.69, 9.17) is 11.5 Å². The van der Waals surface area contributed by atoms with Crippen LogP contribution in [0.15, 0.2) is 0 Å². The van der Waals surface area contributed by atoms with Gasteiger partial charge in [-0.15, -0.1) is 0 Å². The van der Waals surface area contributed by atoms with Gasteiger partial charge in [0.15, 0.2) is 0 Å². The second-order valence-corrected chi connectivity index (χ2v) is 5.68. The maximum absolute atomic E-state index is 6.33. The summed E-state index contributed by atoms with van der Waals surface area (Å²) in [4.78, 5) is 0. The highest BCUT2D eigenvalue weighted by Crippen LogP contribution is 2.40. The van der Waals surface area contributed by atoms with Crippen molar-refractivity contribution in [2.24, 2.45) is 22.3 Å². The molecule has 0 saturated carbocycles. The van der Waals surface area contributed by atoms with Crippen molar-refractivity contribution in [2.45, 2.75) is 47.1 Å². The van der Waals surface area contributed by atoms with Gasteiger partial charge in [0.25, 0.3) is 0 Å². The summed E-state index contributed by atoms with van der Waals surface area (Å²) >= 11 is 0. The maximum atomic E-state index is 6.33. The van der Waals surface area contributed by atoms with Crippen LogP contribution in [0.3, 0.4) is 0 Å². The molecule has 2 heteroatoms. The Kier molecular flexibility index (Phi) is 2.98. The molecule has 0 aromatic carbocycles. The molecule has 0 atom stereocenters. The van der Waals surface area contributed by atoms with Gasteiger partial charge in [-0.1, -0.05) is 41.5 Å². The lowest BCUT2D eigenvalue weighted by Gasteiger charge is -2.50. The van der Waals surface area contributed by atoms with Crippen molar-refractivity contribution in [3.63, 3.8) is 0 Å². The van der Waals surface area contributed by atoms with Gasteiger partial charge >= 0.3 is 0 Å². The van der Waals surface area contributed by atoms with Crippen molar-refractivity contribution in [1.29, 1.82) is 0 Å². The topological polar surface area (TPSA) is 52.0 Å². The monoisotopic (exact) mass is 172 g/mol. The van der Waals surface area contributed by atoms with Gasteiger partial charge in [-0.2, -0.15) is 0 Å². The first-order chi connectivity index (χ1) is 5.06. The molecule has 0 heterocycles. The molecule has 4 N–H and O–H groups in total. The molecule has 12 heavy (non-hydrogen) atoms. The Balaban J connectivity index is 4.95. The van der Waals surface area contributed by atoms with Crippen LogP contribution in [0.25, 0.3) is 0 Å². The van der Waals surface area contributed by atoms with E-state index in [1.807, 2.05) is 0 Å². The van der Waals surface area contributed by atoms with E-state index >= 15 is 0 Å². The van der Waals surface area contributed by atoms with Crippen molar-refractivity contribution in [1.82, 2.24) is 0 Å². The zero-order chi connectivity index (χ0) is 10.2. The van der Waals surface area contributed by atoms with Gasteiger partial charge in [0.05, 0.1) is 0 Å². The fourth-order valence-corrected chi connectivity index (χ4v) is 1.74. The van der Waals surface area contributed by atoms with E-state index in [2.05, 4.69) is 41.5 Å². The number of hydrogen-bond acceptors (Lipinski definition) is 2. The van der Waals surface area contributed by atoms with E-state index in [0.717, 1.165) is 0 Å². The lowest BCUT2D eigenvalue weighted by Crippen LogP contribution is -2.64. The summed E-state index contributed by atoms with van der Waals surface area (Å²) in [5, 5.41) is 0. The van der Waals surface area contributed by atoms with Gasteiger partial charge in [0.2, 0.25) is 0 Å². The minimum atomic E-state index is -0.306. The summed E-state index contributed by atoms with van der Waals surface area (Å²) in [5.74, 6) is 0. The van der Waals surface area contributed by atoms with Crippen LogP contribution in [-0.4, -0.2) is 12.1 Å². The molecule has 0 aliphatic heterocycles. The van der Waals surface area contributed by atoms with E-state index in [9.17, 15) is 0 Å². The highest BCUT2D eigenvalue weighted by molar-refractivity contribution is 5.04. The van der Waals surface area contributed by atoms with Crippen LogP contribution >= 0.6 is 0 Å². The maximum Gasteiger partial charge on any atom is 0.0376 e. The van der Waals surface area contributed by atoms with Crippen molar-refractivity contribution in [3.8, 4) is 0 Å². The molecular formula is C10H24N2. The highest BCUT2D eigenvalue weighted by atomic mass is 14.9. The Morgan fingerprint density at radius 3 is 1.08 bits per heavy atom. The highest BCUT2D eigenvalue weighted by Gasteiger charge is 2.46. The molecule has 0 unspecified atom stereocenters. The van der Waals surface area contributed by atoms with E-state index in [0.29, 0.717) is 6.54 Å². The number of hydrogen-bond donors (Lipinski definition) is 2. The Bertz CT molecular complexity index is 134. The third-order valence-electron chi connectivity index (χ3n) is 3.00. The molecule has 0 rings (SSSR count). The predicted octanol–water partition coefficient (Wildman–Crippen LogP) is 1.73. The average Bonchev–Trinajstić information content (AvgIpc) is 1.81. The molecule has 0 fully saturated rings. The second kappa shape index (κ2) is 3.00. The van der Waals surface area contributed by atoms with E-state index in [1.54, 1.807) is 0 Å². The van der Waals surface area contributed by atoms with Crippen LogP contribution in [0, 0.1) is 10.8 Å². The van der Waals surface area contributed by atoms with Gasteiger partial charge < -0.3 is 11.5 Å². The largest absolute Gasteiger partial charge is 0.329 e. The second-order valence-electron chi connectivity index (χ2n) is 5.68. The van der Waals surface area contributed by atoms with Gasteiger partial charge in [-0.05, 0) is 10.8 Å². The molecule has 0 aliphatic carbocycles. The fraction of sp³-hybridized carbons (Fsp3) is 1.00. The van der Waals surface area contributed by atoms with E-state index in [1.165, 1.54) is 0 Å². The predicted molar refractivity (Wildman–Crippen MR) is 54.9 cm³/mol. The van der Waals surface area contributed by atoms with Crippen molar-refractivity contribution >= 4 is 0 Å². The normalized spacial score (nSPS) is 15.0. The molecule has 0 amide bonds. The van der Waals surface area contributed by atoms with Crippen molar-refractivity contribution in [2.75, 3.05) is 6.54 Å². The van der Waals surface area contributed by atoms with E-state index in [-0.39, 0.29) is 16.4 Å². The standard InChI is InChI=1S/C10H24N2/c1-8(2,3)10(12,7-11)9(4,5)6/h7,11-12H2,1-6H3. The Labute approximate surface area is 76.7 Å².